The number of rotatable bonds is 5. The summed E-state index contributed by atoms with van der Waals surface area (Å²) in [5, 5.41) is 0. The number of hydrogen-bond acceptors (Lipinski definition) is 3. The molecule has 3 nitrogen and oxygen atoms in total. The van der Waals surface area contributed by atoms with Crippen molar-refractivity contribution in [2.24, 2.45) is 0 Å². The van der Waals surface area contributed by atoms with Gasteiger partial charge in [-0.15, -0.1) is 0 Å². The molecular formula is C11H18N2O. The zero-order valence-electron chi connectivity index (χ0n) is 8.86. The fraction of sp³-hybridized carbons (Fsp3) is 0.455. The van der Waals surface area contributed by atoms with Crippen molar-refractivity contribution in [2.45, 2.75) is 6.42 Å². The van der Waals surface area contributed by atoms with Crippen LogP contribution >= 0.6 is 0 Å². The Labute approximate surface area is 85.5 Å². The van der Waals surface area contributed by atoms with Crippen molar-refractivity contribution in [1.29, 1.82) is 0 Å². The molecule has 0 unspecified atom stereocenters. The summed E-state index contributed by atoms with van der Waals surface area (Å²) in [4.78, 5) is 2.14. The van der Waals surface area contributed by atoms with Crippen LogP contribution < -0.4 is 10.5 Å². The Morgan fingerprint density at radius 3 is 2.79 bits per heavy atom. The van der Waals surface area contributed by atoms with Crippen LogP contribution in [0.4, 0.5) is 5.69 Å². The van der Waals surface area contributed by atoms with E-state index >= 15 is 0 Å². The van der Waals surface area contributed by atoms with Gasteiger partial charge in [-0.3, -0.25) is 0 Å². The molecule has 1 rings (SSSR count). The molecule has 0 bridgehead atoms. The molecule has 0 heterocycles. The van der Waals surface area contributed by atoms with Gasteiger partial charge in [-0.25, -0.2) is 0 Å². The second kappa shape index (κ2) is 5.50. The van der Waals surface area contributed by atoms with Crippen LogP contribution in [0.3, 0.4) is 0 Å². The van der Waals surface area contributed by atoms with E-state index in [1.54, 1.807) is 0 Å². The Bertz CT molecular complexity index is 274. The summed E-state index contributed by atoms with van der Waals surface area (Å²) in [7, 11) is 4.11. The number of anilines is 1. The number of nitrogen functional groups attached to an aromatic ring is 1. The molecule has 0 atom stereocenters. The van der Waals surface area contributed by atoms with Gasteiger partial charge in [0.1, 0.15) is 5.75 Å². The van der Waals surface area contributed by atoms with Crippen molar-refractivity contribution in [1.82, 2.24) is 4.90 Å². The highest BCUT2D eigenvalue weighted by Gasteiger charge is 1.94. The van der Waals surface area contributed by atoms with Crippen molar-refractivity contribution in [2.75, 3.05) is 33.0 Å². The summed E-state index contributed by atoms with van der Waals surface area (Å²) in [5.74, 6) is 0.851. The highest BCUT2D eigenvalue weighted by atomic mass is 16.5. The highest BCUT2D eigenvalue weighted by molar-refractivity contribution is 5.43. The summed E-state index contributed by atoms with van der Waals surface area (Å²) < 4.78 is 5.53. The lowest BCUT2D eigenvalue weighted by Crippen LogP contribution is -2.15. The molecule has 0 aliphatic rings. The molecule has 1 aromatic carbocycles. The third kappa shape index (κ3) is 4.14. The average molecular weight is 194 g/mol. The molecule has 0 fully saturated rings. The van der Waals surface area contributed by atoms with Gasteiger partial charge >= 0.3 is 0 Å². The third-order valence-corrected chi connectivity index (χ3v) is 1.88. The zero-order valence-corrected chi connectivity index (χ0v) is 8.86. The first-order valence-corrected chi connectivity index (χ1v) is 4.81. The van der Waals surface area contributed by atoms with Gasteiger partial charge in [-0.05, 0) is 32.6 Å². The Morgan fingerprint density at radius 2 is 2.14 bits per heavy atom. The fourth-order valence-corrected chi connectivity index (χ4v) is 1.18. The SMILES string of the molecule is CN(C)CCCOc1cccc(N)c1. The van der Waals surface area contributed by atoms with E-state index in [2.05, 4.69) is 19.0 Å². The van der Waals surface area contributed by atoms with Crippen molar-refractivity contribution < 1.29 is 4.74 Å². The fourth-order valence-electron chi connectivity index (χ4n) is 1.18. The van der Waals surface area contributed by atoms with E-state index in [9.17, 15) is 0 Å². The second-order valence-corrected chi connectivity index (χ2v) is 3.58. The smallest absolute Gasteiger partial charge is 0.121 e. The number of ether oxygens (including phenoxy) is 1. The quantitative estimate of drug-likeness (QED) is 0.571. The van der Waals surface area contributed by atoms with Crippen molar-refractivity contribution in [3.05, 3.63) is 24.3 Å². The Balaban J connectivity index is 2.25. The van der Waals surface area contributed by atoms with Crippen LogP contribution in [0.5, 0.6) is 5.75 Å². The predicted octanol–water partition coefficient (Wildman–Crippen LogP) is 1.60. The van der Waals surface area contributed by atoms with Gasteiger partial charge in [0.05, 0.1) is 6.61 Å². The molecule has 0 radical (unpaired) electrons. The van der Waals surface area contributed by atoms with Gasteiger partial charge < -0.3 is 15.4 Å². The van der Waals surface area contributed by atoms with Gasteiger partial charge in [0.2, 0.25) is 0 Å². The second-order valence-electron chi connectivity index (χ2n) is 3.58. The molecule has 3 heteroatoms. The molecule has 78 valence electrons. The standard InChI is InChI=1S/C11H18N2O/c1-13(2)7-4-8-14-11-6-3-5-10(12)9-11/h3,5-6,9H,4,7-8,12H2,1-2H3. The third-order valence-electron chi connectivity index (χ3n) is 1.88. The van der Waals surface area contributed by atoms with Crippen LogP contribution in [0.15, 0.2) is 24.3 Å². The van der Waals surface area contributed by atoms with Crippen LogP contribution in [0.25, 0.3) is 0 Å². The van der Waals surface area contributed by atoms with Crippen molar-refractivity contribution in [3.8, 4) is 5.75 Å². The molecule has 0 aliphatic carbocycles. The summed E-state index contributed by atoms with van der Waals surface area (Å²) in [6.45, 7) is 1.78. The van der Waals surface area contributed by atoms with Gasteiger partial charge in [0.15, 0.2) is 0 Å². The van der Waals surface area contributed by atoms with E-state index in [0.717, 1.165) is 31.0 Å². The molecule has 0 saturated heterocycles. The molecule has 0 spiro atoms. The minimum atomic E-state index is 0.738. The largest absolute Gasteiger partial charge is 0.493 e. The highest BCUT2D eigenvalue weighted by Crippen LogP contribution is 2.14. The van der Waals surface area contributed by atoms with Gasteiger partial charge in [-0.2, -0.15) is 0 Å². The van der Waals surface area contributed by atoms with Crippen molar-refractivity contribution in [3.63, 3.8) is 0 Å². The van der Waals surface area contributed by atoms with E-state index in [0.29, 0.717) is 0 Å². The minimum absolute atomic E-state index is 0.738. The maximum Gasteiger partial charge on any atom is 0.121 e. The van der Waals surface area contributed by atoms with Crippen LogP contribution in [-0.2, 0) is 0 Å². The molecule has 0 aliphatic heterocycles. The van der Waals surface area contributed by atoms with Gasteiger partial charge in [0.25, 0.3) is 0 Å². The molecule has 1 aromatic rings. The monoisotopic (exact) mass is 194 g/mol. The molecule has 14 heavy (non-hydrogen) atoms. The normalized spacial score (nSPS) is 10.5. The van der Waals surface area contributed by atoms with E-state index in [1.165, 1.54) is 0 Å². The maximum absolute atomic E-state index is 5.62. The predicted molar refractivity (Wildman–Crippen MR) is 59.5 cm³/mol. The summed E-state index contributed by atoms with van der Waals surface area (Å²) in [6.07, 6.45) is 1.03. The Morgan fingerprint density at radius 1 is 1.36 bits per heavy atom. The number of nitrogens with two attached hydrogens (primary N) is 1. The first-order valence-electron chi connectivity index (χ1n) is 4.81. The lowest BCUT2D eigenvalue weighted by molar-refractivity contribution is 0.282. The first-order chi connectivity index (χ1) is 6.68. The van der Waals surface area contributed by atoms with Crippen LogP contribution in [0, 0.1) is 0 Å². The molecule has 2 N–H and O–H groups in total. The summed E-state index contributed by atoms with van der Waals surface area (Å²) in [5.41, 5.74) is 6.37. The molecule has 0 amide bonds. The van der Waals surface area contributed by atoms with E-state index < -0.39 is 0 Å². The average Bonchev–Trinajstić information content (AvgIpc) is 2.12. The van der Waals surface area contributed by atoms with Crippen LogP contribution in [-0.4, -0.2) is 32.1 Å². The van der Waals surface area contributed by atoms with Crippen LogP contribution in [0.1, 0.15) is 6.42 Å². The van der Waals surface area contributed by atoms with Gasteiger partial charge in [-0.1, -0.05) is 6.07 Å². The van der Waals surface area contributed by atoms with Gasteiger partial charge in [0, 0.05) is 18.3 Å². The lowest BCUT2D eigenvalue weighted by Gasteiger charge is -2.10. The molecule has 0 aromatic heterocycles. The minimum Gasteiger partial charge on any atom is -0.493 e. The summed E-state index contributed by atoms with van der Waals surface area (Å²) in [6, 6.07) is 7.52. The molecule has 0 saturated carbocycles. The number of benzene rings is 1. The Hall–Kier alpha value is -1.22. The zero-order chi connectivity index (χ0) is 10.4. The molecular weight excluding hydrogens is 176 g/mol. The first kappa shape index (κ1) is 10.9. The lowest BCUT2D eigenvalue weighted by atomic mass is 10.3. The van der Waals surface area contributed by atoms with E-state index in [-0.39, 0.29) is 0 Å². The summed E-state index contributed by atoms with van der Waals surface area (Å²) >= 11 is 0. The maximum atomic E-state index is 5.62. The number of nitrogens with zero attached hydrogens (tertiary/aromatic N) is 1. The van der Waals surface area contributed by atoms with Crippen molar-refractivity contribution >= 4 is 5.69 Å². The van der Waals surface area contributed by atoms with E-state index in [1.807, 2.05) is 24.3 Å². The Kier molecular flexibility index (Phi) is 4.26. The topological polar surface area (TPSA) is 38.5 Å². The number of hydrogen-bond donors (Lipinski definition) is 1. The van der Waals surface area contributed by atoms with E-state index in [4.69, 9.17) is 10.5 Å². The van der Waals surface area contributed by atoms with Crippen LogP contribution in [0.2, 0.25) is 0 Å².